The van der Waals surface area contributed by atoms with Gasteiger partial charge in [0.25, 0.3) is 0 Å². The number of benzene rings is 1. The largest absolute Gasteiger partial charge is 0.748 e. The van der Waals surface area contributed by atoms with Gasteiger partial charge in [-0.1, -0.05) is 76.0 Å². The Balaban J connectivity index is 1.84. The summed E-state index contributed by atoms with van der Waals surface area (Å²) in [6.07, 6.45) is 20.8. The van der Waals surface area contributed by atoms with Crippen LogP contribution >= 0.6 is 0 Å². The molecule has 2 aromatic rings. The fourth-order valence-electron chi connectivity index (χ4n) is 3.91. The van der Waals surface area contributed by atoms with Crippen LogP contribution in [0.3, 0.4) is 0 Å². The van der Waals surface area contributed by atoms with Crippen LogP contribution in [0.25, 0.3) is 12.2 Å². The second-order valence-electron chi connectivity index (χ2n) is 9.05. The summed E-state index contributed by atoms with van der Waals surface area (Å²) in [5, 5.41) is 0. The summed E-state index contributed by atoms with van der Waals surface area (Å²) in [5.74, 6) is -0.292. The summed E-state index contributed by atoms with van der Waals surface area (Å²) < 4.78 is 34.0. The number of allylic oxidation sites excluding steroid dienone is 2. The molecule has 0 saturated heterocycles. The standard InChI is InChI=1S/C29H42N2O3S/c1-3-5-9-22-31(23-10-6-4-2)29-17-15-27(16-18-29)13-7-8-14-28-19-24-30(25-20-28)21-11-12-26-35(32,33)34/h7-8,13-20,24-25H,3-6,9-12,21-23,26H2,1-2H3. The number of nitrogens with zero attached hydrogens (tertiary/aromatic N) is 2. The molecule has 0 bridgehead atoms. The predicted octanol–water partition coefficient (Wildman–Crippen LogP) is 6.21. The first-order valence-corrected chi connectivity index (χ1v) is 14.6. The number of aryl methyl sites for hydroxylation is 1. The predicted molar refractivity (Wildman–Crippen MR) is 146 cm³/mol. The van der Waals surface area contributed by atoms with E-state index in [2.05, 4.69) is 61.2 Å². The Kier molecular flexibility index (Phi) is 13.4. The van der Waals surface area contributed by atoms with Crippen LogP contribution in [0.4, 0.5) is 5.69 Å². The first-order valence-electron chi connectivity index (χ1n) is 13.0. The minimum absolute atomic E-state index is 0.292. The molecule has 0 amide bonds. The molecule has 0 radical (unpaired) electrons. The van der Waals surface area contributed by atoms with Gasteiger partial charge < -0.3 is 9.45 Å². The molecule has 0 aliphatic heterocycles. The average Bonchev–Trinajstić information content (AvgIpc) is 2.84. The van der Waals surface area contributed by atoms with E-state index in [0.29, 0.717) is 19.4 Å². The Bertz CT molecular complexity index is 987. The lowest BCUT2D eigenvalue weighted by Gasteiger charge is -2.25. The molecule has 0 fully saturated rings. The fraction of sp³-hybridized carbons (Fsp3) is 0.483. The van der Waals surface area contributed by atoms with Gasteiger partial charge >= 0.3 is 0 Å². The Morgan fingerprint density at radius 1 is 0.771 bits per heavy atom. The van der Waals surface area contributed by atoms with Gasteiger partial charge in [-0.05, 0) is 42.5 Å². The minimum Gasteiger partial charge on any atom is -0.748 e. The highest BCUT2D eigenvalue weighted by atomic mass is 32.2. The zero-order valence-corrected chi connectivity index (χ0v) is 22.3. The molecule has 35 heavy (non-hydrogen) atoms. The molecule has 0 N–H and O–H groups in total. The summed E-state index contributed by atoms with van der Waals surface area (Å²) in [7, 11) is -4.11. The van der Waals surface area contributed by atoms with E-state index < -0.39 is 10.1 Å². The lowest BCUT2D eigenvalue weighted by molar-refractivity contribution is -0.697. The summed E-state index contributed by atoms with van der Waals surface area (Å²) in [6.45, 7) is 7.47. The topological polar surface area (TPSA) is 64.3 Å². The van der Waals surface area contributed by atoms with Crippen LogP contribution in [0.15, 0.2) is 60.9 Å². The highest BCUT2D eigenvalue weighted by Gasteiger charge is 2.06. The molecular formula is C29H42N2O3S. The highest BCUT2D eigenvalue weighted by Crippen LogP contribution is 2.18. The lowest BCUT2D eigenvalue weighted by atomic mass is 10.1. The maximum Gasteiger partial charge on any atom is 0.169 e. The van der Waals surface area contributed by atoms with Gasteiger partial charge in [-0.25, -0.2) is 13.0 Å². The Labute approximate surface area is 212 Å². The number of hydrogen-bond donors (Lipinski definition) is 0. The molecule has 0 atom stereocenters. The van der Waals surface area contributed by atoms with E-state index in [-0.39, 0.29) is 5.75 Å². The summed E-state index contributed by atoms with van der Waals surface area (Å²) in [6, 6.07) is 12.9. The summed E-state index contributed by atoms with van der Waals surface area (Å²) >= 11 is 0. The fourth-order valence-corrected chi connectivity index (χ4v) is 4.46. The van der Waals surface area contributed by atoms with Crippen LogP contribution in [0.5, 0.6) is 0 Å². The molecule has 1 heterocycles. The minimum atomic E-state index is -4.11. The molecule has 6 heteroatoms. The van der Waals surface area contributed by atoms with Crippen molar-refractivity contribution in [3.63, 3.8) is 0 Å². The van der Waals surface area contributed by atoms with Crippen molar-refractivity contribution in [3.8, 4) is 0 Å². The first-order chi connectivity index (χ1) is 16.9. The van der Waals surface area contributed by atoms with Gasteiger partial charge in [-0.15, -0.1) is 0 Å². The van der Waals surface area contributed by atoms with Gasteiger partial charge in [0.1, 0.15) is 6.54 Å². The van der Waals surface area contributed by atoms with E-state index in [9.17, 15) is 13.0 Å². The van der Waals surface area contributed by atoms with Crippen molar-refractivity contribution in [3.05, 3.63) is 72.1 Å². The Hall–Kier alpha value is -2.44. The number of pyridine rings is 1. The first kappa shape index (κ1) is 28.8. The van der Waals surface area contributed by atoms with E-state index in [4.69, 9.17) is 0 Å². The van der Waals surface area contributed by atoms with Crippen molar-refractivity contribution in [2.45, 2.75) is 71.8 Å². The van der Waals surface area contributed by atoms with Crippen molar-refractivity contribution in [1.82, 2.24) is 0 Å². The number of rotatable bonds is 17. The van der Waals surface area contributed by atoms with Crippen LogP contribution in [0, 0.1) is 0 Å². The smallest absolute Gasteiger partial charge is 0.169 e. The second-order valence-corrected chi connectivity index (χ2v) is 10.6. The van der Waals surface area contributed by atoms with Gasteiger partial charge in [0.15, 0.2) is 12.4 Å². The van der Waals surface area contributed by atoms with Crippen molar-refractivity contribution in [1.29, 1.82) is 0 Å². The van der Waals surface area contributed by atoms with Crippen LogP contribution in [0.1, 0.15) is 76.3 Å². The molecule has 0 aliphatic carbocycles. The number of unbranched alkanes of at least 4 members (excludes halogenated alkanes) is 5. The van der Waals surface area contributed by atoms with Gasteiger partial charge in [-0.2, -0.15) is 0 Å². The normalized spacial score (nSPS) is 12.1. The monoisotopic (exact) mass is 498 g/mol. The highest BCUT2D eigenvalue weighted by molar-refractivity contribution is 7.85. The van der Waals surface area contributed by atoms with Crippen molar-refractivity contribution < 1.29 is 17.5 Å². The third-order valence-corrected chi connectivity index (χ3v) is 6.78. The van der Waals surface area contributed by atoms with Gasteiger partial charge in [0.2, 0.25) is 0 Å². The van der Waals surface area contributed by atoms with Gasteiger partial charge in [0, 0.05) is 43.1 Å². The molecule has 0 aliphatic rings. The van der Waals surface area contributed by atoms with E-state index in [1.807, 2.05) is 35.2 Å². The second kappa shape index (κ2) is 16.3. The summed E-state index contributed by atoms with van der Waals surface area (Å²) in [4.78, 5) is 2.53. The van der Waals surface area contributed by atoms with Crippen molar-refractivity contribution >= 4 is 28.0 Å². The lowest BCUT2D eigenvalue weighted by Crippen LogP contribution is -2.32. The third kappa shape index (κ3) is 12.7. The molecule has 1 aromatic heterocycles. The molecule has 2 rings (SSSR count). The maximum absolute atomic E-state index is 10.7. The van der Waals surface area contributed by atoms with E-state index in [1.165, 1.54) is 49.8 Å². The van der Waals surface area contributed by atoms with Crippen LogP contribution in [-0.2, 0) is 16.7 Å². The van der Waals surface area contributed by atoms with E-state index in [1.54, 1.807) is 0 Å². The Morgan fingerprint density at radius 2 is 1.31 bits per heavy atom. The zero-order valence-electron chi connectivity index (χ0n) is 21.4. The SMILES string of the molecule is CCCCCN(CCCCC)c1ccc(/C=C/C=C/c2cc[n+](CCCCS(=O)(=O)[O-])cc2)cc1. The maximum atomic E-state index is 10.7. The summed E-state index contributed by atoms with van der Waals surface area (Å²) in [5.41, 5.74) is 3.60. The van der Waals surface area contributed by atoms with Crippen LogP contribution in [-0.4, -0.2) is 31.8 Å². The zero-order chi connectivity index (χ0) is 25.4. The number of aromatic nitrogens is 1. The quantitative estimate of drug-likeness (QED) is 0.113. The van der Waals surface area contributed by atoms with Crippen LogP contribution < -0.4 is 9.47 Å². The average molecular weight is 499 g/mol. The molecule has 1 aromatic carbocycles. The molecular weight excluding hydrogens is 456 g/mol. The number of hydrogen-bond acceptors (Lipinski definition) is 4. The molecule has 0 spiro atoms. The van der Waals surface area contributed by atoms with Crippen LogP contribution in [0.2, 0.25) is 0 Å². The Morgan fingerprint density at radius 3 is 1.83 bits per heavy atom. The third-order valence-electron chi connectivity index (χ3n) is 5.99. The molecule has 0 unspecified atom stereocenters. The van der Waals surface area contributed by atoms with Gasteiger partial charge in [0.05, 0.1) is 10.1 Å². The number of anilines is 1. The van der Waals surface area contributed by atoms with Crippen molar-refractivity contribution in [2.75, 3.05) is 23.7 Å². The van der Waals surface area contributed by atoms with E-state index >= 15 is 0 Å². The van der Waals surface area contributed by atoms with Gasteiger partial charge in [-0.3, -0.25) is 0 Å². The molecule has 0 saturated carbocycles. The molecule has 192 valence electrons. The van der Waals surface area contributed by atoms with Crippen molar-refractivity contribution in [2.24, 2.45) is 0 Å². The molecule has 5 nitrogen and oxygen atoms in total. The van der Waals surface area contributed by atoms with E-state index in [0.717, 1.165) is 18.7 Å².